The number of aliphatic hydroxyl groups excluding tert-OH is 3. The van der Waals surface area contributed by atoms with Crippen molar-refractivity contribution in [3.05, 3.63) is 10.4 Å². The van der Waals surface area contributed by atoms with Crippen LogP contribution >= 0.6 is 0 Å². The van der Waals surface area contributed by atoms with Gasteiger partial charge in [0, 0.05) is 11.5 Å². The van der Waals surface area contributed by atoms with E-state index in [1.807, 2.05) is 0 Å². The molecule has 1 aliphatic heterocycles. The first-order valence-corrected chi connectivity index (χ1v) is 4.94. The fourth-order valence-corrected chi connectivity index (χ4v) is 1.55. The second-order valence-corrected chi connectivity index (χ2v) is 3.36. The van der Waals surface area contributed by atoms with Gasteiger partial charge in [-0.3, -0.25) is 0 Å². The van der Waals surface area contributed by atoms with Crippen molar-refractivity contribution >= 4 is 0 Å². The Morgan fingerprint density at radius 2 is 2.12 bits per heavy atom. The summed E-state index contributed by atoms with van der Waals surface area (Å²) in [6.07, 6.45) is -4.54. The summed E-state index contributed by atoms with van der Waals surface area (Å²) in [6.45, 7) is 1.55. The van der Waals surface area contributed by atoms with Crippen molar-refractivity contribution in [2.75, 3.05) is 13.2 Å². The fraction of sp³-hybridized carbons (Fsp3) is 1.00. The van der Waals surface area contributed by atoms with Crippen LogP contribution in [0.2, 0.25) is 0 Å². The van der Waals surface area contributed by atoms with E-state index in [1.54, 1.807) is 6.92 Å². The van der Waals surface area contributed by atoms with E-state index in [-0.39, 0.29) is 0 Å². The predicted octanol–water partition coefficient (Wildman–Crippen LogP) is -0.859. The summed E-state index contributed by atoms with van der Waals surface area (Å²) >= 11 is 0. The second kappa shape index (κ2) is 6.00. The van der Waals surface area contributed by atoms with Crippen LogP contribution in [0.25, 0.3) is 10.4 Å². The minimum absolute atomic E-state index is 0.295. The summed E-state index contributed by atoms with van der Waals surface area (Å²) < 4.78 is 10.3. The summed E-state index contributed by atoms with van der Waals surface area (Å²) in [5, 5.41) is 31.5. The molecule has 3 N–H and O–H groups in total. The number of rotatable bonds is 4. The average molecular weight is 233 g/mol. The van der Waals surface area contributed by atoms with Crippen LogP contribution in [0.4, 0.5) is 0 Å². The molecule has 0 amide bonds. The first kappa shape index (κ1) is 13.2. The topological polar surface area (TPSA) is 128 Å². The van der Waals surface area contributed by atoms with Crippen molar-refractivity contribution in [3.8, 4) is 0 Å². The lowest BCUT2D eigenvalue weighted by Gasteiger charge is -2.39. The van der Waals surface area contributed by atoms with Gasteiger partial charge in [0.1, 0.15) is 18.2 Å². The normalized spacial score (nSPS) is 39.1. The van der Waals surface area contributed by atoms with Gasteiger partial charge in [0.15, 0.2) is 6.29 Å². The lowest BCUT2D eigenvalue weighted by atomic mass is 9.98. The molecule has 0 unspecified atom stereocenters. The summed E-state index contributed by atoms with van der Waals surface area (Å²) in [5.41, 5.74) is 8.34. The number of ether oxygens (including phenoxy) is 2. The van der Waals surface area contributed by atoms with Gasteiger partial charge in [-0.2, -0.15) is 0 Å². The molecule has 1 heterocycles. The smallest absolute Gasteiger partial charge is 0.169 e. The molecule has 0 aliphatic carbocycles. The number of hydrogen-bond acceptors (Lipinski definition) is 6. The molecule has 8 nitrogen and oxygen atoms in total. The van der Waals surface area contributed by atoms with Gasteiger partial charge in [0.2, 0.25) is 0 Å². The Labute approximate surface area is 92.0 Å². The van der Waals surface area contributed by atoms with Gasteiger partial charge in [-0.05, 0) is 12.5 Å². The molecule has 1 rings (SSSR count). The maximum Gasteiger partial charge on any atom is 0.169 e. The molecule has 1 aliphatic rings. The van der Waals surface area contributed by atoms with Crippen LogP contribution in [-0.2, 0) is 9.47 Å². The number of nitrogens with zero attached hydrogens (tertiary/aromatic N) is 3. The second-order valence-electron chi connectivity index (χ2n) is 3.36. The van der Waals surface area contributed by atoms with Crippen molar-refractivity contribution in [1.82, 2.24) is 0 Å². The lowest BCUT2D eigenvalue weighted by Crippen LogP contribution is -2.58. The predicted molar refractivity (Wildman–Crippen MR) is 52.3 cm³/mol. The van der Waals surface area contributed by atoms with Crippen LogP contribution < -0.4 is 0 Å². The zero-order valence-corrected chi connectivity index (χ0v) is 8.80. The molecule has 0 spiro atoms. The van der Waals surface area contributed by atoms with Crippen molar-refractivity contribution < 1.29 is 24.8 Å². The van der Waals surface area contributed by atoms with Gasteiger partial charge in [-0.15, -0.1) is 0 Å². The Morgan fingerprint density at radius 1 is 1.44 bits per heavy atom. The Morgan fingerprint density at radius 3 is 2.62 bits per heavy atom. The summed E-state index contributed by atoms with van der Waals surface area (Å²) in [4.78, 5) is 2.56. The van der Waals surface area contributed by atoms with E-state index < -0.39 is 37.3 Å². The molecule has 92 valence electrons. The zero-order chi connectivity index (χ0) is 12.1. The lowest BCUT2D eigenvalue weighted by molar-refractivity contribution is -0.264. The third kappa shape index (κ3) is 2.62. The highest BCUT2D eigenvalue weighted by molar-refractivity contribution is 4.93. The van der Waals surface area contributed by atoms with Crippen molar-refractivity contribution in [2.24, 2.45) is 5.11 Å². The largest absolute Gasteiger partial charge is 0.394 e. The SMILES string of the molecule is CCO[C@H]1O[C@H](CO)[C@@H](O)[C@H](O)[C@@H]1N=[N+]=[N-]. The van der Waals surface area contributed by atoms with Gasteiger partial charge in [-0.25, -0.2) is 0 Å². The molecule has 0 saturated carbocycles. The number of aliphatic hydroxyl groups is 3. The van der Waals surface area contributed by atoms with Gasteiger partial charge >= 0.3 is 0 Å². The number of azide groups is 1. The Kier molecular flexibility index (Phi) is 4.94. The van der Waals surface area contributed by atoms with E-state index in [1.165, 1.54) is 0 Å². The molecular weight excluding hydrogens is 218 g/mol. The third-order valence-electron chi connectivity index (χ3n) is 2.36. The molecule has 0 bridgehead atoms. The van der Waals surface area contributed by atoms with E-state index in [2.05, 4.69) is 10.0 Å². The Hall–Kier alpha value is -0.890. The maximum atomic E-state index is 9.68. The molecule has 5 atom stereocenters. The van der Waals surface area contributed by atoms with Crippen LogP contribution in [0.5, 0.6) is 0 Å². The fourth-order valence-electron chi connectivity index (χ4n) is 1.55. The highest BCUT2D eigenvalue weighted by Crippen LogP contribution is 2.24. The Bertz CT molecular complexity index is 270. The molecule has 0 aromatic rings. The van der Waals surface area contributed by atoms with Crippen molar-refractivity contribution in [1.29, 1.82) is 0 Å². The molecule has 8 heteroatoms. The third-order valence-corrected chi connectivity index (χ3v) is 2.36. The highest BCUT2D eigenvalue weighted by atomic mass is 16.7. The molecule has 0 aromatic heterocycles. The van der Waals surface area contributed by atoms with Gasteiger partial charge < -0.3 is 24.8 Å². The van der Waals surface area contributed by atoms with Crippen molar-refractivity contribution in [2.45, 2.75) is 37.6 Å². The minimum atomic E-state index is -1.32. The van der Waals surface area contributed by atoms with Gasteiger partial charge in [-0.1, -0.05) is 5.11 Å². The quantitative estimate of drug-likeness (QED) is 0.330. The first-order valence-electron chi connectivity index (χ1n) is 4.94. The highest BCUT2D eigenvalue weighted by Gasteiger charge is 2.44. The van der Waals surface area contributed by atoms with Crippen LogP contribution in [0.15, 0.2) is 5.11 Å². The first-order chi connectivity index (χ1) is 7.65. The van der Waals surface area contributed by atoms with Crippen LogP contribution in [-0.4, -0.2) is 59.2 Å². The molecule has 1 saturated heterocycles. The monoisotopic (exact) mass is 233 g/mol. The number of hydrogen-bond donors (Lipinski definition) is 3. The van der Waals surface area contributed by atoms with Crippen LogP contribution in [0.1, 0.15) is 6.92 Å². The van der Waals surface area contributed by atoms with Gasteiger partial charge in [0.25, 0.3) is 0 Å². The Balaban J connectivity index is 2.83. The molecular formula is C8H15N3O5. The standard InChI is InChI=1S/C8H15N3O5/c1-2-15-8-5(10-11-9)7(14)6(13)4(3-12)16-8/h4-8,12-14H,2-3H2,1H3/t4-,5+,6-,7-,8+/m1/s1. The van der Waals surface area contributed by atoms with E-state index in [4.69, 9.17) is 20.1 Å². The molecule has 0 aromatic carbocycles. The van der Waals surface area contributed by atoms with Gasteiger partial charge in [0.05, 0.1) is 12.7 Å². The van der Waals surface area contributed by atoms with E-state index in [0.717, 1.165) is 0 Å². The van der Waals surface area contributed by atoms with Crippen LogP contribution in [0.3, 0.4) is 0 Å². The van der Waals surface area contributed by atoms with E-state index in [0.29, 0.717) is 6.61 Å². The maximum absolute atomic E-state index is 9.68. The van der Waals surface area contributed by atoms with E-state index >= 15 is 0 Å². The summed E-state index contributed by atoms with van der Waals surface area (Å²) in [5.74, 6) is 0. The average Bonchev–Trinajstić information content (AvgIpc) is 2.28. The summed E-state index contributed by atoms with van der Waals surface area (Å²) in [7, 11) is 0. The summed E-state index contributed by atoms with van der Waals surface area (Å²) in [6, 6.07) is -1.03. The van der Waals surface area contributed by atoms with Crippen molar-refractivity contribution in [3.63, 3.8) is 0 Å². The van der Waals surface area contributed by atoms with E-state index in [9.17, 15) is 10.2 Å². The van der Waals surface area contributed by atoms with Crippen LogP contribution in [0, 0.1) is 0 Å². The molecule has 16 heavy (non-hydrogen) atoms. The molecule has 1 fully saturated rings. The molecule has 0 radical (unpaired) electrons. The minimum Gasteiger partial charge on any atom is -0.394 e. The zero-order valence-electron chi connectivity index (χ0n) is 8.80.